The highest BCUT2D eigenvalue weighted by molar-refractivity contribution is 6.46. The third-order valence-electron chi connectivity index (χ3n) is 6.52. The number of halogens is 2. The summed E-state index contributed by atoms with van der Waals surface area (Å²) in [5.74, 6) is -1.18. The van der Waals surface area contributed by atoms with Crippen molar-refractivity contribution < 1.29 is 19.4 Å². The van der Waals surface area contributed by atoms with Crippen LogP contribution in [-0.4, -0.2) is 26.7 Å². The molecule has 5 rings (SSSR count). The monoisotopic (exact) mass is 558 g/mol. The number of Topliss-reactive ketones (excluding diaryl/α,β-unsaturated/α-hetero) is 1. The highest BCUT2D eigenvalue weighted by Gasteiger charge is 2.46. The Kier molecular flexibility index (Phi) is 7.68. The standard InChI is InChI=1S/C31H24Cl2N2O4/c1-19-3-2-4-21(15-19)18-39-24-8-5-22(6-9-24)29(36)27-28(23-7-10-25(32)26(33)16-23)35(31(38)30(27)37)17-20-11-13-34-14-12-20/h2-16,28,36H,17-18H2,1H3. The van der Waals surface area contributed by atoms with Crippen molar-refractivity contribution in [2.75, 3.05) is 0 Å². The molecule has 0 aliphatic carbocycles. The van der Waals surface area contributed by atoms with E-state index < -0.39 is 17.7 Å². The Morgan fingerprint density at radius 2 is 1.67 bits per heavy atom. The number of nitrogens with zero attached hydrogens (tertiary/aromatic N) is 2. The molecule has 1 N–H and O–H groups in total. The second kappa shape index (κ2) is 11.3. The SMILES string of the molecule is Cc1cccc(COc2ccc(C(O)=C3C(=O)C(=O)N(Cc4ccncc4)C3c3ccc(Cl)c(Cl)c3)cc2)c1. The van der Waals surface area contributed by atoms with Crippen molar-refractivity contribution in [3.63, 3.8) is 0 Å². The fourth-order valence-electron chi connectivity index (χ4n) is 4.59. The van der Waals surface area contributed by atoms with Crippen LogP contribution in [0.5, 0.6) is 5.75 Å². The van der Waals surface area contributed by atoms with Crippen LogP contribution in [0, 0.1) is 6.92 Å². The molecule has 2 heterocycles. The first-order chi connectivity index (χ1) is 18.8. The first-order valence-corrected chi connectivity index (χ1v) is 13.0. The summed E-state index contributed by atoms with van der Waals surface area (Å²) in [5, 5.41) is 12.0. The molecule has 196 valence electrons. The van der Waals surface area contributed by atoms with Crippen molar-refractivity contribution >= 4 is 40.7 Å². The third-order valence-corrected chi connectivity index (χ3v) is 7.26. The number of rotatable bonds is 7. The first kappa shape index (κ1) is 26.5. The maximum Gasteiger partial charge on any atom is 0.295 e. The second-order valence-electron chi connectivity index (χ2n) is 9.26. The topological polar surface area (TPSA) is 79.7 Å². The molecule has 1 saturated heterocycles. The maximum atomic E-state index is 13.3. The zero-order valence-electron chi connectivity index (χ0n) is 21.0. The molecule has 0 bridgehead atoms. The van der Waals surface area contributed by atoms with Crippen molar-refractivity contribution in [1.29, 1.82) is 0 Å². The Bertz CT molecular complexity index is 1570. The van der Waals surface area contributed by atoms with E-state index in [4.69, 9.17) is 27.9 Å². The van der Waals surface area contributed by atoms with Crippen LogP contribution < -0.4 is 4.74 Å². The van der Waals surface area contributed by atoms with E-state index in [9.17, 15) is 14.7 Å². The van der Waals surface area contributed by atoms with Crippen molar-refractivity contribution in [3.8, 4) is 5.75 Å². The summed E-state index contributed by atoms with van der Waals surface area (Å²) in [6.07, 6.45) is 3.23. The summed E-state index contributed by atoms with van der Waals surface area (Å²) in [4.78, 5) is 32.0. The lowest BCUT2D eigenvalue weighted by molar-refractivity contribution is -0.140. The van der Waals surface area contributed by atoms with E-state index in [-0.39, 0.29) is 22.9 Å². The van der Waals surface area contributed by atoms with Crippen molar-refractivity contribution in [3.05, 3.63) is 135 Å². The number of aliphatic hydroxyl groups is 1. The number of pyridine rings is 1. The van der Waals surface area contributed by atoms with Gasteiger partial charge in [0.05, 0.1) is 21.7 Å². The van der Waals surface area contributed by atoms with Crippen LogP contribution in [0.25, 0.3) is 5.76 Å². The Balaban J connectivity index is 1.49. The number of amides is 1. The number of aliphatic hydroxyl groups excluding tert-OH is 1. The van der Waals surface area contributed by atoms with Crippen LogP contribution in [0.15, 0.2) is 96.8 Å². The minimum Gasteiger partial charge on any atom is -0.507 e. The average molecular weight is 559 g/mol. The van der Waals surface area contributed by atoms with Gasteiger partial charge in [0.2, 0.25) is 0 Å². The van der Waals surface area contributed by atoms with E-state index in [2.05, 4.69) is 4.98 Å². The summed E-state index contributed by atoms with van der Waals surface area (Å²) in [6, 6.07) is 22.3. The Morgan fingerprint density at radius 1 is 0.923 bits per heavy atom. The van der Waals surface area contributed by atoms with Gasteiger partial charge in [0.15, 0.2) is 0 Å². The number of hydrogen-bond donors (Lipinski definition) is 1. The molecule has 39 heavy (non-hydrogen) atoms. The second-order valence-corrected chi connectivity index (χ2v) is 10.1. The van der Waals surface area contributed by atoms with E-state index in [1.807, 2.05) is 31.2 Å². The molecule has 1 amide bonds. The quantitative estimate of drug-likeness (QED) is 0.151. The van der Waals surface area contributed by atoms with E-state index >= 15 is 0 Å². The van der Waals surface area contributed by atoms with Gasteiger partial charge in [-0.25, -0.2) is 0 Å². The summed E-state index contributed by atoms with van der Waals surface area (Å²) >= 11 is 12.4. The zero-order chi connectivity index (χ0) is 27.5. The smallest absolute Gasteiger partial charge is 0.295 e. The summed E-state index contributed by atoms with van der Waals surface area (Å²) < 4.78 is 5.88. The van der Waals surface area contributed by atoms with Crippen molar-refractivity contribution in [1.82, 2.24) is 9.88 Å². The molecule has 8 heteroatoms. The number of benzene rings is 3. The predicted octanol–water partition coefficient (Wildman–Crippen LogP) is 6.90. The van der Waals surface area contributed by atoms with Gasteiger partial charge in [-0.1, -0.05) is 59.1 Å². The molecule has 1 unspecified atom stereocenters. The number of ketones is 1. The molecular formula is C31H24Cl2N2O4. The Morgan fingerprint density at radius 3 is 2.36 bits per heavy atom. The molecule has 0 spiro atoms. The van der Waals surface area contributed by atoms with Crippen LogP contribution >= 0.6 is 23.2 Å². The lowest BCUT2D eigenvalue weighted by Gasteiger charge is -2.25. The highest BCUT2D eigenvalue weighted by Crippen LogP contribution is 2.41. The molecule has 1 aromatic heterocycles. The van der Waals surface area contributed by atoms with Gasteiger partial charge >= 0.3 is 0 Å². The molecule has 0 radical (unpaired) electrons. The summed E-state index contributed by atoms with van der Waals surface area (Å²) in [6.45, 7) is 2.55. The third kappa shape index (κ3) is 5.67. The number of likely N-dealkylation sites (tertiary alicyclic amines) is 1. The van der Waals surface area contributed by atoms with Gasteiger partial charge < -0.3 is 14.7 Å². The summed E-state index contributed by atoms with van der Waals surface area (Å²) in [7, 11) is 0. The van der Waals surface area contributed by atoms with Crippen LogP contribution in [0.1, 0.15) is 33.9 Å². The van der Waals surface area contributed by atoms with Crippen molar-refractivity contribution in [2.45, 2.75) is 26.1 Å². The first-order valence-electron chi connectivity index (χ1n) is 12.2. The van der Waals surface area contributed by atoms with Crippen molar-refractivity contribution in [2.24, 2.45) is 0 Å². The van der Waals surface area contributed by atoms with E-state index in [0.29, 0.717) is 28.5 Å². The number of aromatic nitrogens is 1. The minimum absolute atomic E-state index is 0.0270. The van der Waals surface area contributed by atoms with E-state index in [1.165, 1.54) is 4.90 Å². The van der Waals surface area contributed by atoms with Crippen LogP contribution in [-0.2, 0) is 22.7 Å². The normalized spacial score (nSPS) is 16.5. The Labute approximate surface area is 236 Å². The number of ether oxygens (including phenoxy) is 1. The lowest BCUT2D eigenvalue weighted by atomic mass is 9.95. The lowest BCUT2D eigenvalue weighted by Crippen LogP contribution is -2.29. The van der Waals surface area contributed by atoms with Gasteiger partial charge in [-0.05, 0) is 72.1 Å². The van der Waals surface area contributed by atoms with Gasteiger partial charge in [-0.15, -0.1) is 0 Å². The molecule has 3 aromatic carbocycles. The van der Waals surface area contributed by atoms with Gasteiger partial charge in [-0.2, -0.15) is 0 Å². The van der Waals surface area contributed by atoms with Crippen LogP contribution in [0.4, 0.5) is 0 Å². The summed E-state index contributed by atoms with van der Waals surface area (Å²) in [5.41, 5.74) is 3.88. The minimum atomic E-state index is -0.870. The number of carbonyl (C=O) groups excluding carboxylic acids is 2. The fraction of sp³-hybridized carbons (Fsp3) is 0.129. The molecule has 1 aliphatic rings. The highest BCUT2D eigenvalue weighted by atomic mass is 35.5. The maximum absolute atomic E-state index is 13.3. The Hall–Kier alpha value is -4.13. The largest absolute Gasteiger partial charge is 0.507 e. The molecule has 1 atom stereocenters. The number of hydrogen-bond acceptors (Lipinski definition) is 5. The zero-order valence-corrected chi connectivity index (χ0v) is 22.5. The van der Waals surface area contributed by atoms with Crippen LogP contribution in [0.3, 0.4) is 0 Å². The molecule has 1 fully saturated rings. The molecule has 1 aliphatic heterocycles. The van der Waals surface area contributed by atoms with Gasteiger partial charge in [0.25, 0.3) is 11.7 Å². The van der Waals surface area contributed by atoms with Gasteiger partial charge in [0.1, 0.15) is 18.1 Å². The average Bonchev–Trinajstić information content (AvgIpc) is 3.19. The number of carbonyl (C=O) groups is 2. The molecular weight excluding hydrogens is 535 g/mol. The molecule has 0 saturated carbocycles. The van der Waals surface area contributed by atoms with E-state index in [1.54, 1.807) is 67.0 Å². The predicted molar refractivity (Wildman–Crippen MR) is 150 cm³/mol. The van der Waals surface area contributed by atoms with Crippen LogP contribution in [0.2, 0.25) is 10.0 Å². The van der Waals surface area contributed by atoms with E-state index in [0.717, 1.165) is 16.7 Å². The molecule has 4 aromatic rings. The molecule has 6 nitrogen and oxygen atoms in total. The van der Waals surface area contributed by atoms with Gasteiger partial charge in [0, 0.05) is 24.5 Å². The van der Waals surface area contributed by atoms with Gasteiger partial charge in [-0.3, -0.25) is 14.6 Å². The fourth-order valence-corrected chi connectivity index (χ4v) is 4.90. The number of aryl methyl sites for hydroxylation is 1.